The number of halogens is 1. The molecule has 0 aliphatic carbocycles. The van der Waals surface area contributed by atoms with Crippen molar-refractivity contribution in [3.05, 3.63) is 59.1 Å². The molecule has 0 radical (unpaired) electrons. The fourth-order valence-corrected chi connectivity index (χ4v) is 5.29. The Bertz CT molecular complexity index is 1130. The number of amides is 2. The quantitative estimate of drug-likeness (QED) is 0.356. The molecule has 0 saturated heterocycles. The van der Waals surface area contributed by atoms with E-state index in [0.29, 0.717) is 42.4 Å². The van der Waals surface area contributed by atoms with E-state index in [9.17, 15) is 18.0 Å². The molecule has 1 atom stereocenters. The molecule has 37 heavy (non-hydrogen) atoms. The zero-order chi connectivity index (χ0) is 27.4. The first kappa shape index (κ1) is 30.4. The Hall–Kier alpha value is -2.78. The van der Waals surface area contributed by atoms with Crippen molar-refractivity contribution in [3.8, 4) is 5.75 Å². The average Bonchev–Trinajstić information content (AvgIpc) is 2.87. The van der Waals surface area contributed by atoms with Crippen molar-refractivity contribution >= 4 is 39.1 Å². The van der Waals surface area contributed by atoms with Crippen LogP contribution in [0.25, 0.3) is 0 Å². The topological polar surface area (TPSA) is 96.0 Å². The van der Waals surface area contributed by atoms with E-state index < -0.39 is 16.1 Å². The molecule has 0 aromatic heterocycles. The molecule has 0 saturated carbocycles. The fourth-order valence-electron chi connectivity index (χ4n) is 4.08. The first-order chi connectivity index (χ1) is 17.6. The normalized spacial score (nSPS) is 12.0. The number of hydrogen-bond donors (Lipinski definition) is 1. The van der Waals surface area contributed by atoms with Crippen molar-refractivity contribution in [2.75, 3.05) is 37.3 Å². The highest BCUT2D eigenvalue weighted by Crippen LogP contribution is 2.30. The summed E-state index contributed by atoms with van der Waals surface area (Å²) in [6.07, 6.45) is 3.40. The third-order valence-corrected chi connectivity index (χ3v) is 7.48. The van der Waals surface area contributed by atoms with Crippen LogP contribution in [-0.2, 0) is 26.0 Å². The molecule has 0 unspecified atom stereocenters. The first-order valence-electron chi connectivity index (χ1n) is 12.5. The van der Waals surface area contributed by atoms with Gasteiger partial charge in [0, 0.05) is 26.1 Å². The lowest BCUT2D eigenvalue weighted by molar-refractivity contribution is -0.140. The number of ether oxygens (including phenoxy) is 1. The number of carbonyl (C=O) groups excluding carboxylic acids is 2. The van der Waals surface area contributed by atoms with E-state index >= 15 is 0 Å². The Balaban J connectivity index is 2.16. The van der Waals surface area contributed by atoms with Crippen LogP contribution in [0, 0.1) is 0 Å². The largest absolute Gasteiger partial charge is 0.495 e. The van der Waals surface area contributed by atoms with Gasteiger partial charge in [-0.1, -0.05) is 55.8 Å². The molecule has 204 valence electrons. The number of benzene rings is 2. The van der Waals surface area contributed by atoms with Crippen LogP contribution in [-0.4, -0.2) is 64.2 Å². The zero-order valence-electron chi connectivity index (χ0n) is 22.1. The molecule has 0 aliphatic rings. The van der Waals surface area contributed by atoms with Crippen molar-refractivity contribution in [2.45, 2.75) is 52.0 Å². The molecular weight excluding hydrogens is 514 g/mol. The standard InChI is InChI=1S/C27H38ClN3O5S/c1-5-17-29-27(33)24(6-2)30(19-16-21-11-8-7-9-12-21)26(32)13-10-18-31(37(4,34)35)22-14-15-25(36-3)23(28)20-22/h7-9,11-12,14-15,20,24H,5-6,10,13,16-19H2,1-4H3,(H,29,33)/t24-/m1/s1. The summed E-state index contributed by atoms with van der Waals surface area (Å²) in [4.78, 5) is 27.9. The van der Waals surface area contributed by atoms with Gasteiger partial charge in [-0.05, 0) is 49.4 Å². The van der Waals surface area contributed by atoms with Crippen LogP contribution < -0.4 is 14.4 Å². The highest BCUT2D eigenvalue weighted by Gasteiger charge is 2.28. The van der Waals surface area contributed by atoms with E-state index in [0.717, 1.165) is 18.2 Å². The summed E-state index contributed by atoms with van der Waals surface area (Å²) in [6, 6.07) is 14.0. The molecule has 2 aromatic carbocycles. The van der Waals surface area contributed by atoms with Gasteiger partial charge in [-0.2, -0.15) is 0 Å². The lowest BCUT2D eigenvalue weighted by atomic mass is 10.1. The van der Waals surface area contributed by atoms with Crippen molar-refractivity contribution < 1.29 is 22.7 Å². The maximum absolute atomic E-state index is 13.4. The molecule has 0 heterocycles. The molecule has 2 amide bonds. The van der Waals surface area contributed by atoms with E-state index in [4.69, 9.17) is 16.3 Å². The second-order valence-electron chi connectivity index (χ2n) is 8.80. The van der Waals surface area contributed by atoms with Gasteiger partial charge in [0.1, 0.15) is 11.8 Å². The number of nitrogens with one attached hydrogen (secondary N) is 1. The Kier molecular flexibility index (Phi) is 12.2. The van der Waals surface area contributed by atoms with Crippen LogP contribution in [0.5, 0.6) is 5.75 Å². The molecule has 2 rings (SSSR count). The predicted octanol–water partition coefficient (Wildman–Crippen LogP) is 4.27. The summed E-state index contributed by atoms with van der Waals surface area (Å²) >= 11 is 6.21. The zero-order valence-corrected chi connectivity index (χ0v) is 23.6. The molecule has 2 aromatic rings. The summed E-state index contributed by atoms with van der Waals surface area (Å²) in [5.41, 5.74) is 1.47. The van der Waals surface area contributed by atoms with Gasteiger partial charge in [-0.15, -0.1) is 0 Å². The minimum atomic E-state index is -3.62. The van der Waals surface area contributed by atoms with Gasteiger partial charge in [-0.3, -0.25) is 13.9 Å². The van der Waals surface area contributed by atoms with Crippen molar-refractivity contribution in [1.29, 1.82) is 0 Å². The Morgan fingerprint density at radius 1 is 1.08 bits per heavy atom. The van der Waals surface area contributed by atoms with Crippen LogP contribution in [0.3, 0.4) is 0 Å². The first-order valence-corrected chi connectivity index (χ1v) is 14.8. The number of carbonyl (C=O) groups is 2. The van der Waals surface area contributed by atoms with Crippen LogP contribution >= 0.6 is 11.6 Å². The fraction of sp³-hybridized carbons (Fsp3) is 0.481. The Labute approximate surface area is 226 Å². The van der Waals surface area contributed by atoms with Gasteiger partial charge >= 0.3 is 0 Å². The summed E-state index contributed by atoms with van der Waals surface area (Å²) in [5.74, 6) is 0.0853. The molecule has 1 N–H and O–H groups in total. The minimum Gasteiger partial charge on any atom is -0.495 e. The van der Waals surface area contributed by atoms with Crippen LogP contribution in [0.4, 0.5) is 5.69 Å². The van der Waals surface area contributed by atoms with Gasteiger partial charge in [0.15, 0.2) is 0 Å². The van der Waals surface area contributed by atoms with E-state index in [2.05, 4.69) is 5.32 Å². The molecule has 8 nitrogen and oxygen atoms in total. The van der Waals surface area contributed by atoms with Crippen molar-refractivity contribution in [3.63, 3.8) is 0 Å². The molecule has 10 heteroatoms. The van der Waals surface area contributed by atoms with E-state index in [1.165, 1.54) is 17.5 Å². The summed E-state index contributed by atoms with van der Waals surface area (Å²) in [6.45, 7) is 4.90. The lowest BCUT2D eigenvalue weighted by Crippen LogP contribution is -2.50. The van der Waals surface area contributed by atoms with Gasteiger partial charge in [0.25, 0.3) is 0 Å². The van der Waals surface area contributed by atoms with Crippen molar-refractivity contribution in [2.24, 2.45) is 0 Å². The lowest BCUT2D eigenvalue weighted by Gasteiger charge is -2.31. The number of rotatable bonds is 15. The van der Waals surface area contributed by atoms with Gasteiger partial charge < -0.3 is 15.0 Å². The van der Waals surface area contributed by atoms with E-state index in [1.807, 2.05) is 44.2 Å². The highest BCUT2D eigenvalue weighted by atomic mass is 35.5. The summed E-state index contributed by atoms with van der Waals surface area (Å²) in [5, 5.41) is 3.20. The van der Waals surface area contributed by atoms with Crippen molar-refractivity contribution in [1.82, 2.24) is 10.2 Å². The second-order valence-corrected chi connectivity index (χ2v) is 11.1. The SMILES string of the molecule is CCCNC(=O)[C@@H](CC)N(CCc1ccccc1)C(=O)CCCN(c1ccc(OC)c(Cl)c1)S(C)(=O)=O. The van der Waals surface area contributed by atoms with Crippen LogP contribution in [0.2, 0.25) is 5.02 Å². The molecule has 0 aliphatic heterocycles. The third kappa shape index (κ3) is 9.23. The van der Waals surface area contributed by atoms with Crippen LogP contribution in [0.1, 0.15) is 45.1 Å². The van der Waals surface area contributed by atoms with E-state index in [1.54, 1.807) is 17.0 Å². The van der Waals surface area contributed by atoms with Crippen LogP contribution in [0.15, 0.2) is 48.5 Å². The highest BCUT2D eigenvalue weighted by molar-refractivity contribution is 7.92. The van der Waals surface area contributed by atoms with Gasteiger partial charge in [-0.25, -0.2) is 8.42 Å². The third-order valence-electron chi connectivity index (χ3n) is 5.99. The number of methoxy groups -OCH3 is 1. The molecular formula is C27H38ClN3O5S. The number of hydrogen-bond acceptors (Lipinski definition) is 5. The Morgan fingerprint density at radius 2 is 1.78 bits per heavy atom. The summed E-state index contributed by atoms with van der Waals surface area (Å²) in [7, 11) is -2.14. The second kappa shape index (κ2) is 14.8. The maximum Gasteiger partial charge on any atom is 0.242 e. The number of sulfonamides is 1. The monoisotopic (exact) mass is 551 g/mol. The molecule has 0 fully saturated rings. The number of nitrogens with zero attached hydrogens (tertiary/aromatic N) is 2. The predicted molar refractivity (Wildman–Crippen MR) is 149 cm³/mol. The maximum atomic E-state index is 13.4. The van der Waals surface area contributed by atoms with Gasteiger partial charge in [0.05, 0.1) is 24.1 Å². The summed E-state index contributed by atoms with van der Waals surface area (Å²) < 4.78 is 31.4. The minimum absolute atomic E-state index is 0.0958. The Morgan fingerprint density at radius 3 is 2.35 bits per heavy atom. The van der Waals surface area contributed by atoms with E-state index in [-0.39, 0.29) is 31.2 Å². The molecule has 0 spiro atoms. The average molecular weight is 552 g/mol. The number of anilines is 1. The molecule has 0 bridgehead atoms. The smallest absolute Gasteiger partial charge is 0.242 e. The van der Waals surface area contributed by atoms with Gasteiger partial charge in [0.2, 0.25) is 21.8 Å².